The summed E-state index contributed by atoms with van der Waals surface area (Å²) in [5.41, 5.74) is 2.64. The summed E-state index contributed by atoms with van der Waals surface area (Å²) in [4.78, 5) is 2.52. The number of anilines is 2. The zero-order chi connectivity index (χ0) is 12.2. The predicted molar refractivity (Wildman–Crippen MR) is 75.4 cm³/mol. The highest BCUT2D eigenvalue weighted by Crippen LogP contribution is 2.29. The molecule has 1 aromatic rings. The van der Waals surface area contributed by atoms with Crippen LogP contribution in [0.1, 0.15) is 25.7 Å². The van der Waals surface area contributed by atoms with Crippen LogP contribution < -0.4 is 10.2 Å². The fourth-order valence-corrected chi connectivity index (χ4v) is 2.87. The smallest absolute Gasteiger partial charge is 0.0668 e. The molecule has 1 N–H and O–H groups in total. The molecule has 2 fully saturated rings. The van der Waals surface area contributed by atoms with E-state index in [1.54, 1.807) is 0 Å². The van der Waals surface area contributed by atoms with E-state index in [2.05, 4.69) is 34.5 Å². The van der Waals surface area contributed by atoms with Crippen LogP contribution in [0.25, 0.3) is 0 Å². The molecule has 3 heteroatoms. The molecule has 0 spiro atoms. The van der Waals surface area contributed by atoms with Gasteiger partial charge in [0.15, 0.2) is 0 Å². The quantitative estimate of drug-likeness (QED) is 0.887. The molecule has 0 amide bonds. The summed E-state index contributed by atoms with van der Waals surface area (Å²) in [6, 6.07) is 9.17. The van der Waals surface area contributed by atoms with E-state index in [1.165, 1.54) is 43.7 Å². The third kappa shape index (κ3) is 2.61. The Kier molecular flexibility index (Phi) is 3.69. The van der Waals surface area contributed by atoms with E-state index >= 15 is 0 Å². The third-order valence-corrected chi connectivity index (χ3v) is 3.89. The molecule has 3 rings (SSSR count). The molecule has 0 bridgehead atoms. The molecular formula is C15H22N2O. The molecule has 0 radical (unpaired) electrons. The van der Waals surface area contributed by atoms with E-state index in [1.807, 2.05) is 0 Å². The van der Waals surface area contributed by atoms with Crippen LogP contribution in [0, 0.1) is 0 Å². The SMILES string of the molecule is c1ccc(N2CCCCC2)c(NC2CCOC2)c1. The van der Waals surface area contributed by atoms with Gasteiger partial charge < -0.3 is 15.0 Å². The van der Waals surface area contributed by atoms with Crippen molar-refractivity contribution >= 4 is 11.4 Å². The van der Waals surface area contributed by atoms with Crippen molar-refractivity contribution in [3.8, 4) is 0 Å². The normalized spacial score (nSPS) is 24.2. The molecule has 1 unspecified atom stereocenters. The first-order chi connectivity index (χ1) is 8.93. The molecule has 2 aliphatic rings. The van der Waals surface area contributed by atoms with Crippen LogP contribution >= 0.6 is 0 Å². The van der Waals surface area contributed by atoms with Crippen molar-refractivity contribution in [3.05, 3.63) is 24.3 Å². The van der Waals surface area contributed by atoms with Crippen LogP contribution in [0.2, 0.25) is 0 Å². The summed E-state index contributed by atoms with van der Waals surface area (Å²) in [5.74, 6) is 0. The Bertz CT molecular complexity index is 382. The van der Waals surface area contributed by atoms with Gasteiger partial charge in [-0.1, -0.05) is 12.1 Å². The van der Waals surface area contributed by atoms with E-state index in [9.17, 15) is 0 Å². The fraction of sp³-hybridized carbons (Fsp3) is 0.600. The minimum absolute atomic E-state index is 0.482. The van der Waals surface area contributed by atoms with Crippen molar-refractivity contribution < 1.29 is 4.74 Å². The van der Waals surface area contributed by atoms with E-state index in [0.717, 1.165) is 19.6 Å². The molecule has 2 heterocycles. The lowest BCUT2D eigenvalue weighted by Crippen LogP contribution is -2.31. The minimum atomic E-state index is 0.482. The largest absolute Gasteiger partial charge is 0.379 e. The summed E-state index contributed by atoms with van der Waals surface area (Å²) in [5, 5.41) is 3.64. The van der Waals surface area contributed by atoms with E-state index in [0.29, 0.717) is 6.04 Å². The molecule has 1 aromatic carbocycles. The average Bonchev–Trinajstić information content (AvgIpc) is 2.93. The Labute approximate surface area is 109 Å². The van der Waals surface area contributed by atoms with Gasteiger partial charge in [0, 0.05) is 19.7 Å². The summed E-state index contributed by atoms with van der Waals surface area (Å²) < 4.78 is 5.44. The van der Waals surface area contributed by atoms with Gasteiger partial charge in [0.25, 0.3) is 0 Å². The van der Waals surface area contributed by atoms with Gasteiger partial charge in [0.05, 0.1) is 24.0 Å². The molecule has 1 atom stereocenters. The second kappa shape index (κ2) is 5.61. The van der Waals surface area contributed by atoms with E-state index in [4.69, 9.17) is 4.74 Å². The van der Waals surface area contributed by atoms with Crippen LogP contribution in [0.15, 0.2) is 24.3 Å². The number of nitrogens with one attached hydrogen (secondary N) is 1. The first-order valence-corrected chi connectivity index (χ1v) is 7.12. The molecular weight excluding hydrogens is 224 g/mol. The summed E-state index contributed by atoms with van der Waals surface area (Å²) in [6.45, 7) is 4.12. The van der Waals surface area contributed by atoms with Gasteiger partial charge in [-0.2, -0.15) is 0 Å². The lowest BCUT2D eigenvalue weighted by molar-refractivity contribution is 0.195. The van der Waals surface area contributed by atoms with E-state index in [-0.39, 0.29) is 0 Å². The maximum atomic E-state index is 5.44. The highest BCUT2D eigenvalue weighted by atomic mass is 16.5. The van der Waals surface area contributed by atoms with Gasteiger partial charge in [-0.05, 0) is 37.8 Å². The molecule has 0 saturated carbocycles. The highest BCUT2D eigenvalue weighted by molar-refractivity contribution is 5.70. The zero-order valence-corrected chi connectivity index (χ0v) is 10.9. The Balaban J connectivity index is 1.75. The Morgan fingerprint density at radius 3 is 2.72 bits per heavy atom. The van der Waals surface area contributed by atoms with Crippen LogP contribution in [0.5, 0.6) is 0 Å². The summed E-state index contributed by atoms with van der Waals surface area (Å²) in [6.07, 6.45) is 5.14. The van der Waals surface area contributed by atoms with Crippen molar-refractivity contribution in [1.29, 1.82) is 0 Å². The maximum Gasteiger partial charge on any atom is 0.0668 e. The second-order valence-electron chi connectivity index (χ2n) is 5.27. The first kappa shape index (κ1) is 11.8. The van der Waals surface area contributed by atoms with Crippen molar-refractivity contribution in [2.24, 2.45) is 0 Å². The van der Waals surface area contributed by atoms with Gasteiger partial charge in [-0.25, -0.2) is 0 Å². The fourth-order valence-electron chi connectivity index (χ4n) is 2.87. The highest BCUT2D eigenvalue weighted by Gasteiger charge is 2.19. The third-order valence-electron chi connectivity index (χ3n) is 3.89. The Hall–Kier alpha value is -1.22. The topological polar surface area (TPSA) is 24.5 Å². The number of hydrogen-bond donors (Lipinski definition) is 1. The van der Waals surface area contributed by atoms with Crippen molar-refractivity contribution in [2.75, 3.05) is 36.5 Å². The number of hydrogen-bond acceptors (Lipinski definition) is 3. The van der Waals surface area contributed by atoms with Crippen LogP contribution in [0.3, 0.4) is 0 Å². The monoisotopic (exact) mass is 246 g/mol. The molecule has 2 saturated heterocycles. The van der Waals surface area contributed by atoms with Crippen molar-refractivity contribution in [2.45, 2.75) is 31.7 Å². The van der Waals surface area contributed by atoms with Crippen molar-refractivity contribution in [3.63, 3.8) is 0 Å². The minimum Gasteiger partial charge on any atom is -0.379 e. The van der Waals surface area contributed by atoms with Crippen LogP contribution in [0.4, 0.5) is 11.4 Å². The number of nitrogens with zero attached hydrogens (tertiary/aromatic N) is 1. The maximum absolute atomic E-state index is 5.44. The standard InChI is InChI=1S/C15H22N2O/c1-4-9-17(10-5-1)15-7-3-2-6-14(15)16-13-8-11-18-12-13/h2-3,6-7,13,16H,1,4-5,8-12H2. The Morgan fingerprint density at radius 1 is 1.11 bits per heavy atom. The molecule has 0 aliphatic carbocycles. The molecule has 98 valence electrons. The predicted octanol–water partition coefficient (Wildman–Crippen LogP) is 2.88. The van der Waals surface area contributed by atoms with Gasteiger partial charge >= 0.3 is 0 Å². The lowest BCUT2D eigenvalue weighted by Gasteiger charge is -2.31. The first-order valence-electron chi connectivity index (χ1n) is 7.12. The number of benzene rings is 1. The number of para-hydroxylation sites is 2. The summed E-state index contributed by atoms with van der Waals surface area (Å²) in [7, 11) is 0. The van der Waals surface area contributed by atoms with Gasteiger partial charge in [-0.3, -0.25) is 0 Å². The molecule has 3 nitrogen and oxygen atoms in total. The zero-order valence-electron chi connectivity index (χ0n) is 10.9. The van der Waals surface area contributed by atoms with Gasteiger partial charge in [0.2, 0.25) is 0 Å². The second-order valence-corrected chi connectivity index (χ2v) is 5.27. The van der Waals surface area contributed by atoms with Crippen LogP contribution in [-0.4, -0.2) is 32.3 Å². The average molecular weight is 246 g/mol. The Morgan fingerprint density at radius 2 is 1.94 bits per heavy atom. The molecule has 18 heavy (non-hydrogen) atoms. The molecule has 2 aliphatic heterocycles. The van der Waals surface area contributed by atoms with Gasteiger partial charge in [0.1, 0.15) is 0 Å². The number of piperidine rings is 1. The van der Waals surface area contributed by atoms with Crippen LogP contribution in [-0.2, 0) is 4.74 Å². The number of ether oxygens (including phenoxy) is 1. The van der Waals surface area contributed by atoms with Gasteiger partial charge in [-0.15, -0.1) is 0 Å². The number of rotatable bonds is 3. The molecule has 0 aromatic heterocycles. The van der Waals surface area contributed by atoms with Crippen molar-refractivity contribution in [1.82, 2.24) is 0 Å². The lowest BCUT2D eigenvalue weighted by atomic mass is 10.1. The van der Waals surface area contributed by atoms with E-state index < -0.39 is 0 Å². The summed E-state index contributed by atoms with van der Waals surface area (Å²) >= 11 is 0.